The van der Waals surface area contributed by atoms with Gasteiger partial charge in [0.25, 0.3) is 0 Å². The molecule has 2 rings (SSSR count). The van der Waals surface area contributed by atoms with Crippen LogP contribution in [0.25, 0.3) is 0 Å². The van der Waals surface area contributed by atoms with Gasteiger partial charge in [0, 0.05) is 38.9 Å². The van der Waals surface area contributed by atoms with Crippen LogP contribution in [-0.2, 0) is 9.63 Å². The molecule has 0 unspecified atom stereocenters. The number of carbonyl (C=O) groups is 2. The second kappa shape index (κ2) is 7.53. The maximum Gasteiger partial charge on any atom is 0.365 e. The van der Waals surface area contributed by atoms with E-state index >= 15 is 0 Å². The first-order valence-corrected chi connectivity index (χ1v) is 7.27. The quantitative estimate of drug-likeness (QED) is 0.471. The third kappa shape index (κ3) is 4.06. The number of oxime groups is 1. The van der Waals surface area contributed by atoms with E-state index in [1.807, 2.05) is 0 Å². The number of amides is 1. The molecule has 1 aromatic rings. The van der Waals surface area contributed by atoms with E-state index in [1.165, 1.54) is 26.2 Å². The third-order valence-corrected chi connectivity index (χ3v) is 3.65. The van der Waals surface area contributed by atoms with E-state index in [1.54, 1.807) is 4.90 Å². The molecule has 24 heavy (non-hydrogen) atoms. The van der Waals surface area contributed by atoms with Crippen LogP contribution in [0, 0.1) is 10.1 Å². The molecule has 0 bridgehead atoms. The van der Waals surface area contributed by atoms with Gasteiger partial charge in [-0.1, -0.05) is 5.16 Å². The van der Waals surface area contributed by atoms with E-state index in [0.29, 0.717) is 31.6 Å². The summed E-state index contributed by atoms with van der Waals surface area (Å²) in [7, 11) is 1.31. The highest BCUT2D eigenvalue weighted by Crippen LogP contribution is 2.27. The molecule has 0 atom stereocenters. The fourth-order valence-electron chi connectivity index (χ4n) is 2.29. The van der Waals surface area contributed by atoms with Gasteiger partial charge >= 0.3 is 11.7 Å². The number of nitrogens with zero attached hydrogens (tertiary/aromatic N) is 3. The number of likely N-dealkylation sites (tertiary alicyclic amines) is 1. The molecular formula is C15H17N3O6. The van der Waals surface area contributed by atoms with E-state index in [-0.39, 0.29) is 22.9 Å². The maximum atomic E-state index is 12.0. The van der Waals surface area contributed by atoms with Crippen LogP contribution >= 0.6 is 0 Å². The zero-order valence-corrected chi connectivity index (χ0v) is 13.4. The normalized spacial score (nSPS) is 14.1. The number of hydrogen-bond acceptors (Lipinski definition) is 7. The summed E-state index contributed by atoms with van der Waals surface area (Å²) in [4.78, 5) is 40.1. The number of nitro benzene ring substituents is 1. The molecule has 1 aliphatic heterocycles. The Bertz CT molecular complexity index is 690. The van der Waals surface area contributed by atoms with Crippen molar-refractivity contribution in [2.24, 2.45) is 5.16 Å². The van der Waals surface area contributed by atoms with Crippen molar-refractivity contribution in [3.05, 3.63) is 33.9 Å². The van der Waals surface area contributed by atoms with Crippen molar-refractivity contribution in [1.29, 1.82) is 0 Å². The topological polar surface area (TPSA) is 111 Å². The van der Waals surface area contributed by atoms with Gasteiger partial charge in [0.1, 0.15) is 0 Å². The van der Waals surface area contributed by atoms with E-state index in [9.17, 15) is 19.7 Å². The first-order valence-electron chi connectivity index (χ1n) is 7.27. The average molecular weight is 335 g/mol. The molecular weight excluding hydrogens is 318 g/mol. The van der Waals surface area contributed by atoms with Crippen molar-refractivity contribution in [2.75, 3.05) is 20.2 Å². The minimum absolute atomic E-state index is 0.00316. The summed E-state index contributed by atoms with van der Waals surface area (Å²) in [5.41, 5.74) is 0.353. The predicted molar refractivity (Wildman–Crippen MR) is 84.0 cm³/mol. The highest BCUT2D eigenvalue weighted by molar-refractivity contribution is 5.92. The van der Waals surface area contributed by atoms with Crippen LogP contribution in [-0.4, -0.2) is 47.6 Å². The van der Waals surface area contributed by atoms with Crippen molar-refractivity contribution in [3.63, 3.8) is 0 Å². The Kier molecular flexibility index (Phi) is 5.46. The molecule has 1 fully saturated rings. The zero-order chi connectivity index (χ0) is 17.7. The van der Waals surface area contributed by atoms with Gasteiger partial charge in [0.15, 0.2) is 5.75 Å². The van der Waals surface area contributed by atoms with Gasteiger partial charge in [-0.25, -0.2) is 4.79 Å². The van der Waals surface area contributed by atoms with Gasteiger partial charge < -0.3 is 14.5 Å². The Morgan fingerprint density at radius 1 is 1.29 bits per heavy atom. The van der Waals surface area contributed by atoms with Crippen molar-refractivity contribution < 1.29 is 24.1 Å². The molecule has 0 aromatic heterocycles. The van der Waals surface area contributed by atoms with Gasteiger partial charge in [-0.2, -0.15) is 0 Å². The summed E-state index contributed by atoms with van der Waals surface area (Å²) in [6.45, 7) is 2.55. The van der Waals surface area contributed by atoms with Gasteiger partial charge in [0.05, 0.1) is 23.3 Å². The first kappa shape index (κ1) is 17.4. The van der Waals surface area contributed by atoms with Crippen LogP contribution < -0.4 is 4.74 Å². The second-order valence-electron chi connectivity index (χ2n) is 5.19. The van der Waals surface area contributed by atoms with Crippen LogP contribution in [0.5, 0.6) is 5.75 Å². The zero-order valence-electron chi connectivity index (χ0n) is 13.4. The highest BCUT2D eigenvalue weighted by atomic mass is 16.7. The van der Waals surface area contributed by atoms with Crippen LogP contribution in [0.3, 0.4) is 0 Å². The van der Waals surface area contributed by atoms with Gasteiger partial charge in [-0.15, -0.1) is 0 Å². The van der Waals surface area contributed by atoms with Crippen molar-refractivity contribution in [1.82, 2.24) is 4.90 Å². The summed E-state index contributed by atoms with van der Waals surface area (Å²) >= 11 is 0. The van der Waals surface area contributed by atoms with Crippen LogP contribution in [0.4, 0.5) is 5.69 Å². The summed E-state index contributed by atoms with van der Waals surface area (Å²) < 4.78 is 4.87. The molecule has 1 amide bonds. The average Bonchev–Trinajstić information content (AvgIpc) is 2.59. The minimum atomic E-state index is -0.790. The number of methoxy groups -OCH3 is 1. The van der Waals surface area contributed by atoms with Crippen molar-refractivity contribution >= 4 is 23.3 Å². The molecule has 0 saturated carbocycles. The molecule has 0 aliphatic carbocycles. The number of ether oxygens (including phenoxy) is 1. The number of benzene rings is 1. The van der Waals surface area contributed by atoms with E-state index in [2.05, 4.69) is 5.16 Å². The van der Waals surface area contributed by atoms with Crippen molar-refractivity contribution in [3.8, 4) is 5.75 Å². The molecule has 9 heteroatoms. The largest absolute Gasteiger partial charge is 0.490 e. The minimum Gasteiger partial charge on any atom is -0.490 e. The number of carbonyl (C=O) groups excluding carboxylic acids is 2. The highest BCUT2D eigenvalue weighted by Gasteiger charge is 2.20. The molecule has 0 spiro atoms. The smallest absolute Gasteiger partial charge is 0.365 e. The lowest BCUT2D eigenvalue weighted by Crippen LogP contribution is -2.37. The lowest BCUT2D eigenvalue weighted by molar-refractivity contribution is -0.385. The predicted octanol–water partition coefficient (Wildman–Crippen LogP) is 1.76. The number of nitro groups is 1. The Labute approximate surface area is 138 Å². The van der Waals surface area contributed by atoms with Gasteiger partial charge in [-0.3, -0.25) is 14.9 Å². The van der Waals surface area contributed by atoms with Crippen LogP contribution in [0.2, 0.25) is 0 Å². The van der Waals surface area contributed by atoms with E-state index in [4.69, 9.17) is 9.57 Å². The van der Waals surface area contributed by atoms with Crippen molar-refractivity contribution in [2.45, 2.75) is 19.8 Å². The monoisotopic (exact) mass is 335 g/mol. The summed E-state index contributed by atoms with van der Waals surface area (Å²) in [5, 5.41) is 14.8. The molecule has 1 saturated heterocycles. The first-order chi connectivity index (χ1) is 11.4. The number of rotatable bonds is 4. The van der Waals surface area contributed by atoms with E-state index in [0.717, 1.165) is 6.07 Å². The van der Waals surface area contributed by atoms with Crippen LogP contribution in [0.1, 0.15) is 30.1 Å². The fraction of sp³-hybridized carbons (Fsp3) is 0.400. The summed E-state index contributed by atoms with van der Waals surface area (Å²) in [6, 6.07) is 3.78. The molecule has 1 aliphatic rings. The molecule has 0 N–H and O–H groups in total. The lowest BCUT2D eigenvalue weighted by atomic mass is 10.1. The Morgan fingerprint density at radius 2 is 1.96 bits per heavy atom. The van der Waals surface area contributed by atoms with Crippen LogP contribution in [0.15, 0.2) is 23.4 Å². The van der Waals surface area contributed by atoms with E-state index < -0.39 is 10.9 Å². The molecule has 9 nitrogen and oxygen atoms in total. The van der Waals surface area contributed by atoms with Gasteiger partial charge in [0.2, 0.25) is 5.91 Å². The second-order valence-corrected chi connectivity index (χ2v) is 5.19. The SMILES string of the molecule is COc1ccc(C(=O)ON=C2CCN(C(C)=O)CC2)cc1[N+](=O)[O-]. The molecule has 0 radical (unpaired) electrons. The Balaban J connectivity index is 2.03. The lowest BCUT2D eigenvalue weighted by Gasteiger charge is -2.25. The number of hydrogen-bond donors (Lipinski definition) is 0. The fourth-order valence-corrected chi connectivity index (χ4v) is 2.29. The summed E-state index contributed by atoms with van der Waals surface area (Å²) in [6.07, 6.45) is 1.05. The van der Waals surface area contributed by atoms with Gasteiger partial charge in [-0.05, 0) is 12.1 Å². The molecule has 128 valence electrons. The molecule has 1 heterocycles. The standard InChI is InChI=1S/C15H17N3O6/c1-10(19)17-7-5-12(6-8-17)16-24-15(20)11-3-4-14(23-2)13(9-11)18(21)22/h3-4,9H,5-8H2,1-2H3. The maximum absolute atomic E-state index is 12.0. The third-order valence-electron chi connectivity index (χ3n) is 3.65. The summed E-state index contributed by atoms with van der Waals surface area (Å²) in [5.74, 6) is -0.738. The molecule has 1 aromatic carbocycles. The Hall–Kier alpha value is -2.97. The Morgan fingerprint density at radius 3 is 2.50 bits per heavy atom. The number of piperidine rings is 1.